The van der Waals surface area contributed by atoms with Crippen molar-refractivity contribution in [3.05, 3.63) is 34.6 Å². The molecule has 1 saturated heterocycles. The average Bonchev–Trinajstić information content (AvgIpc) is 3.28. The van der Waals surface area contributed by atoms with Crippen molar-refractivity contribution < 1.29 is 9.18 Å². The van der Waals surface area contributed by atoms with Gasteiger partial charge in [0.15, 0.2) is 0 Å². The molecular formula is C17H22ClFN2O. The molecule has 2 N–H and O–H groups in total. The second-order valence-corrected chi connectivity index (χ2v) is 6.78. The van der Waals surface area contributed by atoms with Crippen LogP contribution in [-0.2, 0) is 4.79 Å². The molecule has 1 saturated carbocycles. The molecule has 1 amide bonds. The summed E-state index contributed by atoms with van der Waals surface area (Å²) in [4.78, 5) is 12.2. The van der Waals surface area contributed by atoms with E-state index in [1.165, 1.54) is 18.9 Å². The summed E-state index contributed by atoms with van der Waals surface area (Å²) in [6, 6.07) is 4.69. The van der Waals surface area contributed by atoms with E-state index < -0.39 is 0 Å². The summed E-state index contributed by atoms with van der Waals surface area (Å²) >= 11 is 6.06. The number of nitrogens with one attached hydrogen (secondary N) is 2. The number of hydrogen-bond donors (Lipinski definition) is 2. The Kier molecular flexibility index (Phi) is 4.99. The Morgan fingerprint density at radius 2 is 2.32 bits per heavy atom. The van der Waals surface area contributed by atoms with Gasteiger partial charge in [0.05, 0.1) is 0 Å². The molecule has 1 aromatic carbocycles. The van der Waals surface area contributed by atoms with Crippen molar-refractivity contribution in [1.29, 1.82) is 0 Å². The third-order valence-corrected chi connectivity index (χ3v) is 5.08. The lowest BCUT2D eigenvalue weighted by molar-refractivity contribution is -0.122. The molecule has 22 heavy (non-hydrogen) atoms. The van der Waals surface area contributed by atoms with Crippen LogP contribution in [-0.4, -0.2) is 25.5 Å². The largest absolute Gasteiger partial charge is 0.356 e. The van der Waals surface area contributed by atoms with Crippen LogP contribution in [0.25, 0.3) is 0 Å². The third kappa shape index (κ3) is 3.61. The van der Waals surface area contributed by atoms with Crippen LogP contribution < -0.4 is 10.6 Å². The van der Waals surface area contributed by atoms with Crippen LogP contribution in [0, 0.1) is 17.7 Å². The van der Waals surface area contributed by atoms with Crippen molar-refractivity contribution in [1.82, 2.24) is 10.6 Å². The molecule has 1 aromatic rings. The number of carbonyl (C=O) groups is 1. The van der Waals surface area contributed by atoms with Gasteiger partial charge in [0.1, 0.15) is 5.82 Å². The minimum Gasteiger partial charge on any atom is -0.356 e. The first-order chi connectivity index (χ1) is 10.7. The fourth-order valence-electron chi connectivity index (χ4n) is 3.37. The van der Waals surface area contributed by atoms with E-state index in [1.807, 2.05) is 0 Å². The predicted octanol–water partition coefficient (Wildman–Crippen LogP) is 3.09. The normalized spacial score (nSPS) is 27.5. The van der Waals surface area contributed by atoms with E-state index in [9.17, 15) is 9.18 Å². The summed E-state index contributed by atoms with van der Waals surface area (Å²) < 4.78 is 13.8. The molecule has 0 spiro atoms. The van der Waals surface area contributed by atoms with Crippen molar-refractivity contribution in [2.45, 2.75) is 31.6 Å². The van der Waals surface area contributed by atoms with Crippen LogP contribution >= 0.6 is 11.6 Å². The highest BCUT2D eigenvalue weighted by Crippen LogP contribution is 2.50. The SMILES string of the molecule is O=C(NCCC1CCCNC1)C1CC1c1c(F)cccc1Cl. The Morgan fingerprint density at radius 1 is 1.45 bits per heavy atom. The minimum absolute atomic E-state index is 0.0353. The molecule has 1 aliphatic carbocycles. The quantitative estimate of drug-likeness (QED) is 0.874. The molecule has 0 bridgehead atoms. The van der Waals surface area contributed by atoms with E-state index in [0.29, 0.717) is 29.5 Å². The highest BCUT2D eigenvalue weighted by atomic mass is 35.5. The highest BCUT2D eigenvalue weighted by Gasteiger charge is 2.46. The number of amides is 1. The lowest BCUT2D eigenvalue weighted by atomic mass is 9.96. The number of halogens is 2. The summed E-state index contributed by atoms with van der Waals surface area (Å²) in [5.74, 6) is 0.197. The Morgan fingerprint density at radius 3 is 3.05 bits per heavy atom. The van der Waals surface area contributed by atoms with Crippen molar-refractivity contribution in [3.63, 3.8) is 0 Å². The molecule has 120 valence electrons. The molecule has 1 heterocycles. The third-order valence-electron chi connectivity index (χ3n) is 4.75. The Balaban J connectivity index is 1.46. The molecular weight excluding hydrogens is 303 g/mol. The van der Waals surface area contributed by atoms with Crippen LogP contribution in [0.15, 0.2) is 18.2 Å². The van der Waals surface area contributed by atoms with Gasteiger partial charge in [-0.15, -0.1) is 0 Å². The van der Waals surface area contributed by atoms with Crippen molar-refractivity contribution >= 4 is 17.5 Å². The monoisotopic (exact) mass is 324 g/mol. The maximum Gasteiger partial charge on any atom is 0.223 e. The molecule has 5 heteroatoms. The molecule has 3 rings (SSSR count). The topological polar surface area (TPSA) is 41.1 Å². The molecule has 0 radical (unpaired) electrons. The molecule has 3 atom stereocenters. The molecule has 3 nitrogen and oxygen atoms in total. The van der Waals surface area contributed by atoms with Crippen molar-refractivity contribution in [2.24, 2.45) is 11.8 Å². The highest BCUT2D eigenvalue weighted by molar-refractivity contribution is 6.31. The van der Waals surface area contributed by atoms with E-state index in [1.54, 1.807) is 12.1 Å². The lowest BCUT2D eigenvalue weighted by Crippen LogP contribution is -2.33. The first-order valence-corrected chi connectivity index (χ1v) is 8.47. The summed E-state index contributed by atoms with van der Waals surface area (Å²) in [6.45, 7) is 2.86. The van der Waals surface area contributed by atoms with Crippen LogP contribution in [0.4, 0.5) is 4.39 Å². The zero-order chi connectivity index (χ0) is 15.5. The molecule has 3 unspecified atom stereocenters. The Labute approximate surface area is 135 Å². The second-order valence-electron chi connectivity index (χ2n) is 6.38. The fraction of sp³-hybridized carbons (Fsp3) is 0.588. The summed E-state index contributed by atoms with van der Waals surface area (Å²) in [5, 5.41) is 6.80. The first-order valence-electron chi connectivity index (χ1n) is 8.09. The summed E-state index contributed by atoms with van der Waals surface area (Å²) in [7, 11) is 0. The maximum absolute atomic E-state index is 13.8. The van der Waals surface area contributed by atoms with Crippen LogP contribution in [0.5, 0.6) is 0 Å². The van der Waals surface area contributed by atoms with Gasteiger partial charge in [0.2, 0.25) is 5.91 Å². The van der Waals surface area contributed by atoms with E-state index >= 15 is 0 Å². The zero-order valence-electron chi connectivity index (χ0n) is 12.6. The zero-order valence-corrected chi connectivity index (χ0v) is 13.3. The van der Waals surface area contributed by atoms with Gasteiger partial charge < -0.3 is 10.6 Å². The number of benzene rings is 1. The minimum atomic E-state index is -0.305. The summed E-state index contributed by atoms with van der Waals surface area (Å²) in [5.41, 5.74) is 0.501. The van der Waals surface area contributed by atoms with E-state index in [4.69, 9.17) is 11.6 Å². The Bertz CT molecular complexity index is 525. The Hall–Kier alpha value is -1.13. The smallest absolute Gasteiger partial charge is 0.223 e. The maximum atomic E-state index is 13.8. The van der Waals surface area contributed by atoms with Crippen molar-refractivity contribution in [3.8, 4) is 0 Å². The van der Waals surface area contributed by atoms with Gasteiger partial charge in [-0.3, -0.25) is 4.79 Å². The standard InChI is InChI=1S/C17H22ClFN2O/c18-14-4-1-5-15(19)16(14)12-9-13(12)17(22)21-8-6-11-3-2-7-20-10-11/h1,4-5,11-13,20H,2-3,6-10H2,(H,21,22). The van der Waals surface area contributed by atoms with Gasteiger partial charge in [-0.2, -0.15) is 0 Å². The van der Waals surface area contributed by atoms with Crippen LogP contribution in [0.3, 0.4) is 0 Å². The molecule has 1 aliphatic heterocycles. The van der Waals surface area contributed by atoms with E-state index in [0.717, 1.165) is 19.5 Å². The van der Waals surface area contributed by atoms with E-state index in [-0.39, 0.29) is 23.6 Å². The number of hydrogen-bond acceptors (Lipinski definition) is 2. The molecule has 2 aliphatic rings. The van der Waals surface area contributed by atoms with Gasteiger partial charge in [0.25, 0.3) is 0 Å². The second kappa shape index (κ2) is 6.97. The van der Waals surface area contributed by atoms with Crippen LogP contribution in [0.2, 0.25) is 5.02 Å². The number of carbonyl (C=O) groups excluding carboxylic acids is 1. The summed E-state index contributed by atoms with van der Waals surface area (Å²) in [6.07, 6.45) is 4.16. The lowest BCUT2D eigenvalue weighted by Gasteiger charge is -2.22. The van der Waals surface area contributed by atoms with Gasteiger partial charge in [-0.1, -0.05) is 17.7 Å². The van der Waals surface area contributed by atoms with Crippen LogP contribution in [0.1, 0.15) is 37.2 Å². The molecule has 2 fully saturated rings. The fourth-order valence-corrected chi connectivity index (χ4v) is 3.67. The van der Waals surface area contributed by atoms with E-state index in [2.05, 4.69) is 10.6 Å². The molecule has 0 aromatic heterocycles. The average molecular weight is 325 g/mol. The predicted molar refractivity (Wildman–Crippen MR) is 85.5 cm³/mol. The number of piperidine rings is 1. The van der Waals surface area contributed by atoms with Gasteiger partial charge >= 0.3 is 0 Å². The first kappa shape index (κ1) is 15.8. The van der Waals surface area contributed by atoms with Gasteiger partial charge in [-0.25, -0.2) is 4.39 Å². The van der Waals surface area contributed by atoms with Crippen molar-refractivity contribution in [2.75, 3.05) is 19.6 Å². The number of rotatable bonds is 5. The van der Waals surface area contributed by atoms with Gasteiger partial charge in [0, 0.05) is 29.0 Å². The van der Waals surface area contributed by atoms with Gasteiger partial charge in [-0.05, 0) is 56.8 Å².